The van der Waals surface area contributed by atoms with Crippen molar-refractivity contribution in [3.8, 4) is 0 Å². The van der Waals surface area contributed by atoms with Crippen molar-refractivity contribution in [3.63, 3.8) is 0 Å². The van der Waals surface area contributed by atoms with E-state index in [0.29, 0.717) is 6.42 Å². The van der Waals surface area contributed by atoms with Crippen LogP contribution in [0.4, 0.5) is 0 Å². The molecule has 4 heteroatoms. The van der Waals surface area contributed by atoms with E-state index in [4.69, 9.17) is 0 Å². The summed E-state index contributed by atoms with van der Waals surface area (Å²) < 4.78 is 0. The minimum atomic E-state index is -0.838. The summed E-state index contributed by atoms with van der Waals surface area (Å²) >= 11 is 0. The lowest BCUT2D eigenvalue weighted by atomic mass is 10.0. The van der Waals surface area contributed by atoms with Gasteiger partial charge in [0, 0.05) is 6.42 Å². The Labute approximate surface area is 247 Å². The number of aliphatic hydroxyl groups is 2. The Balaban J connectivity index is 3.55. The largest absolute Gasteiger partial charge is 0.394 e. The lowest BCUT2D eigenvalue weighted by molar-refractivity contribution is -0.123. The summed E-state index contributed by atoms with van der Waals surface area (Å²) in [4.78, 5) is 12.2. The molecule has 230 valence electrons. The van der Waals surface area contributed by atoms with Gasteiger partial charge in [-0.25, -0.2) is 0 Å². The molecule has 0 spiro atoms. The third kappa shape index (κ3) is 27.6. The van der Waals surface area contributed by atoms with E-state index in [0.717, 1.165) is 51.4 Å². The number of amides is 1. The van der Waals surface area contributed by atoms with Gasteiger partial charge in [0.15, 0.2) is 0 Å². The van der Waals surface area contributed by atoms with Gasteiger partial charge in [-0.1, -0.05) is 139 Å². The Morgan fingerprint density at radius 3 is 1.65 bits per heavy atom. The molecule has 0 heterocycles. The highest BCUT2D eigenvalue weighted by molar-refractivity contribution is 5.76. The van der Waals surface area contributed by atoms with Gasteiger partial charge in [-0.05, 0) is 57.8 Å². The first kappa shape index (κ1) is 38.1. The highest BCUT2D eigenvalue weighted by Crippen LogP contribution is 2.12. The average Bonchev–Trinajstić information content (AvgIpc) is 2.96. The molecule has 2 unspecified atom stereocenters. The van der Waals surface area contributed by atoms with Crippen molar-refractivity contribution in [1.82, 2.24) is 5.32 Å². The lowest BCUT2D eigenvalue weighted by Gasteiger charge is -2.20. The standard InChI is InChI=1S/C36H63NO3/c1-3-5-7-9-10-11-12-13-14-15-16-17-18-19-20-21-22-23-24-25-26-28-30-32-36(40)37-34(33-38)35(39)31-29-27-8-6-4-2/h5,7,10-11,13-14,16-17,29,31,34-35,38-39H,3-4,6,8-9,12,15,18-28,30,32-33H2,1-2H3,(H,37,40)/b7-5-,11-10-,14-13-,17-16-,31-29+. The molecule has 1 amide bonds. The van der Waals surface area contributed by atoms with Crippen molar-refractivity contribution in [2.24, 2.45) is 0 Å². The molecule has 2 atom stereocenters. The molecule has 0 aromatic rings. The number of nitrogens with one attached hydrogen (secondary N) is 1. The normalized spacial score (nSPS) is 14.0. The molecule has 0 aliphatic heterocycles. The van der Waals surface area contributed by atoms with Gasteiger partial charge in [0.25, 0.3) is 0 Å². The summed E-state index contributed by atoms with van der Waals surface area (Å²) in [5, 5.41) is 22.5. The van der Waals surface area contributed by atoms with Gasteiger partial charge in [-0.3, -0.25) is 4.79 Å². The van der Waals surface area contributed by atoms with E-state index in [2.05, 4.69) is 67.8 Å². The van der Waals surface area contributed by atoms with Gasteiger partial charge in [0.05, 0.1) is 18.8 Å². The highest BCUT2D eigenvalue weighted by Gasteiger charge is 2.17. The zero-order chi connectivity index (χ0) is 29.4. The highest BCUT2D eigenvalue weighted by atomic mass is 16.3. The van der Waals surface area contributed by atoms with E-state index < -0.39 is 12.1 Å². The molecule has 0 aliphatic carbocycles. The third-order valence-corrected chi connectivity index (χ3v) is 7.01. The molecule has 0 saturated carbocycles. The van der Waals surface area contributed by atoms with Crippen molar-refractivity contribution < 1.29 is 15.0 Å². The molecule has 0 aromatic heterocycles. The van der Waals surface area contributed by atoms with E-state index in [1.165, 1.54) is 70.6 Å². The summed E-state index contributed by atoms with van der Waals surface area (Å²) in [7, 11) is 0. The van der Waals surface area contributed by atoms with Crippen LogP contribution in [0.2, 0.25) is 0 Å². The molecule has 0 aromatic carbocycles. The Bertz CT molecular complexity index is 692. The van der Waals surface area contributed by atoms with Crippen LogP contribution in [0.25, 0.3) is 0 Å². The molecular weight excluding hydrogens is 494 g/mol. The quantitative estimate of drug-likeness (QED) is 0.0663. The third-order valence-electron chi connectivity index (χ3n) is 7.01. The van der Waals surface area contributed by atoms with Crippen LogP contribution in [0.15, 0.2) is 60.8 Å². The van der Waals surface area contributed by atoms with Crippen molar-refractivity contribution in [2.45, 2.75) is 154 Å². The van der Waals surface area contributed by atoms with E-state index in [9.17, 15) is 15.0 Å². The minimum Gasteiger partial charge on any atom is -0.394 e. The van der Waals surface area contributed by atoms with E-state index in [1.807, 2.05) is 6.08 Å². The maximum atomic E-state index is 12.2. The molecule has 0 rings (SSSR count). The van der Waals surface area contributed by atoms with Crippen molar-refractivity contribution in [3.05, 3.63) is 60.8 Å². The van der Waals surface area contributed by atoms with Crippen LogP contribution in [0.3, 0.4) is 0 Å². The first-order chi connectivity index (χ1) is 19.7. The van der Waals surface area contributed by atoms with Crippen molar-refractivity contribution in [2.75, 3.05) is 6.61 Å². The second-order valence-electron chi connectivity index (χ2n) is 10.8. The molecule has 0 fully saturated rings. The number of rotatable bonds is 28. The first-order valence-electron chi connectivity index (χ1n) is 16.5. The van der Waals surface area contributed by atoms with Gasteiger partial charge >= 0.3 is 0 Å². The molecule has 0 saturated heterocycles. The summed E-state index contributed by atoms with van der Waals surface area (Å²) in [6.45, 7) is 4.07. The second kappa shape index (κ2) is 31.6. The van der Waals surface area contributed by atoms with Gasteiger partial charge in [-0.15, -0.1) is 0 Å². The predicted octanol–water partition coefficient (Wildman–Crippen LogP) is 9.45. The van der Waals surface area contributed by atoms with Crippen LogP contribution in [0.1, 0.15) is 142 Å². The number of carbonyl (C=O) groups excluding carboxylic acids is 1. The van der Waals surface area contributed by atoms with Gasteiger partial charge in [-0.2, -0.15) is 0 Å². The van der Waals surface area contributed by atoms with Crippen LogP contribution in [-0.2, 0) is 4.79 Å². The smallest absolute Gasteiger partial charge is 0.220 e. The molecule has 4 nitrogen and oxygen atoms in total. The molecule has 0 bridgehead atoms. The molecule has 3 N–H and O–H groups in total. The fourth-order valence-electron chi connectivity index (χ4n) is 4.46. The molecular formula is C36H63NO3. The molecule has 0 aliphatic rings. The van der Waals surface area contributed by atoms with Crippen LogP contribution < -0.4 is 5.32 Å². The lowest BCUT2D eigenvalue weighted by Crippen LogP contribution is -2.45. The van der Waals surface area contributed by atoms with Crippen molar-refractivity contribution in [1.29, 1.82) is 0 Å². The van der Waals surface area contributed by atoms with E-state index in [1.54, 1.807) is 6.08 Å². The first-order valence-corrected chi connectivity index (χ1v) is 16.5. The maximum Gasteiger partial charge on any atom is 0.220 e. The zero-order valence-corrected chi connectivity index (χ0v) is 26.1. The number of unbranched alkanes of at least 4 members (excludes halogenated alkanes) is 13. The monoisotopic (exact) mass is 557 g/mol. The van der Waals surface area contributed by atoms with E-state index >= 15 is 0 Å². The van der Waals surface area contributed by atoms with Gasteiger partial charge < -0.3 is 15.5 Å². The van der Waals surface area contributed by atoms with Gasteiger partial charge in [0.1, 0.15) is 0 Å². The number of allylic oxidation sites excluding steroid dienone is 9. The predicted molar refractivity (Wildman–Crippen MR) is 174 cm³/mol. The Hall–Kier alpha value is -1.91. The molecule has 0 radical (unpaired) electrons. The molecule has 40 heavy (non-hydrogen) atoms. The Kier molecular flexibility index (Phi) is 30.1. The van der Waals surface area contributed by atoms with E-state index in [-0.39, 0.29) is 12.5 Å². The van der Waals surface area contributed by atoms with Crippen LogP contribution >= 0.6 is 0 Å². The SMILES string of the molecule is CC/C=C\C/C=C\C/C=C\C/C=C\CCCCCCCCCCCCC(=O)NC(CO)C(O)/C=C/CCCCC. The zero-order valence-electron chi connectivity index (χ0n) is 26.1. The second-order valence-corrected chi connectivity index (χ2v) is 10.8. The summed E-state index contributed by atoms with van der Waals surface area (Å²) in [5.41, 5.74) is 0. The van der Waals surface area contributed by atoms with Gasteiger partial charge in [0.2, 0.25) is 5.91 Å². The average molecular weight is 558 g/mol. The van der Waals surface area contributed by atoms with Crippen LogP contribution in [0.5, 0.6) is 0 Å². The Morgan fingerprint density at radius 1 is 0.625 bits per heavy atom. The summed E-state index contributed by atoms with van der Waals surface area (Å²) in [5.74, 6) is -0.0808. The van der Waals surface area contributed by atoms with Crippen LogP contribution in [0, 0.1) is 0 Å². The summed E-state index contributed by atoms with van der Waals surface area (Å²) in [6.07, 6.45) is 43.3. The Morgan fingerprint density at radius 2 is 1.10 bits per heavy atom. The number of hydrogen-bond acceptors (Lipinski definition) is 3. The number of aliphatic hydroxyl groups excluding tert-OH is 2. The number of hydrogen-bond donors (Lipinski definition) is 3. The topological polar surface area (TPSA) is 69.6 Å². The number of carbonyl (C=O) groups is 1. The fraction of sp³-hybridized carbons (Fsp3) is 0.694. The maximum absolute atomic E-state index is 12.2. The minimum absolute atomic E-state index is 0.0808. The summed E-state index contributed by atoms with van der Waals surface area (Å²) in [6, 6.07) is -0.621. The van der Waals surface area contributed by atoms with Crippen LogP contribution in [-0.4, -0.2) is 34.9 Å². The fourth-order valence-corrected chi connectivity index (χ4v) is 4.46. The van der Waals surface area contributed by atoms with Crippen molar-refractivity contribution >= 4 is 5.91 Å².